The van der Waals surface area contributed by atoms with Gasteiger partial charge in [-0.1, -0.05) is 140 Å². The van der Waals surface area contributed by atoms with E-state index in [-0.39, 0.29) is 65.3 Å². The summed E-state index contributed by atoms with van der Waals surface area (Å²) in [5, 5.41) is 57.8. The van der Waals surface area contributed by atoms with Crippen LogP contribution in [0.5, 0.6) is 0 Å². The van der Waals surface area contributed by atoms with Crippen LogP contribution in [0.4, 0.5) is 9.59 Å². The maximum absolute atomic E-state index is 15.9. The summed E-state index contributed by atoms with van der Waals surface area (Å²) < 4.78 is 118. The fourth-order valence-corrected chi connectivity index (χ4v) is 33.5. The summed E-state index contributed by atoms with van der Waals surface area (Å²) in [5.74, 6) is -9.28. The Morgan fingerprint density at radius 2 is 0.898 bits per heavy atom. The highest BCUT2D eigenvalue weighted by Crippen LogP contribution is 2.71. The lowest BCUT2D eigenvalue weighted by atomic mass is 9.44. The number of aliphatic hydroxyl groups is 4. The van der Waals surface area contributed by atoms with Crippen LogP contribution >= 0.6 is 0 Å². The molecule has 4 saturated carbocycles. The summed E-state index contributed by atoms with van der Waals surface area (Å²) in [6.07, 6.45) is -15.7. The molecule has 2 amide bonds. The van der Waals surface area contributed by atoms with E-state index in [1.54, 1.807) is 156 Å². The average Bonchev–Trinajstić information content (AvgIpc) is 1.65. The Morgan fingerprint density at radius 3 is 1.27 bits per heavy atom. The molecule has 4 aliphatic heterocycles. The number of esters is 6. The number of hydrogen-bond acceptors (Lipinski definition) is 30. The van der Waals surface area contributed by atoms with Gasteiger partial charge in [0.15, 0.2) is 43.3 Å². The van der Waals surface area contributed by atoms with E-state index in [0.29, 0.717) is 28.7 Å². The minimum absolute atomic E-state index is 0.00984. The van der Waals surface area contributed by atoms with Crippen molar-refractivity contribution in [2.75, 3.05) is 13.2 Å². The zero-order valence-electron chi connectivity index (χ0n) is 85.1. The second-order valence-electron chi connectivity index (χ2n) is 44.7. The van der Waals surface area contributed by atoms with Crippen LogP contribution in [0.2, 0.25) is 34.8 Å². The molecule has 6 aliphatic carbocycles. The van der Waals surface area contributed by atoms with Gasteiger partial charge in [0.2, 0.25) is 8.32 Å². The molecule has 137 heavy (non-hydrogen) atoms. The number of aliphatic hydroxyl groups excluding tert-OH is 2. The van der Waals surface area contributed by atoms with Crippen LogP contribution in [-0.2, 0) is 94.3 Å². The first kappa shape index (κ1) is 106. The van der Waals surface area contributed by atoms with E-state index in [0.717, 1.165) is 18.1 Å². The van der Waals surface area contributed by atoms with Gasteiger partial charge in [-0.3, -0.25) is 9.59 Å². The Kier molecular flexibility index (Phi) is 29.6. The highest BCUT2D eigenvalue weighted by Gasteiger charge is 2.83. The lowest BCUT2D eigenvalue weighted by Gasteiger charge is -2.69. The number of amides is 2. The third kappa shape index (κ3) is 18.9. The number of hydrogen-bond donors (Lipinski definition) is 6. The summed E-state index contributed by atoms with van der Waals surface area (Å²) in [6, 6.07) is 22.8. The molecule has 10 aliphatic rings. The van der Waals surface area contributed by atoms with Gasteiger partial charge < -0.3 is 115 Å². The standard InChI is InChI=1S/C59H91NO15Si2.C44H57NO15/c1-20-76(21-2,22-3)74-42-31-43-58(33-67-43,70-38(11)61)48-50(69-51(62)39-27-24-23-25-28-39)59(65)32-41(37(10)44(55(59,15)16)46-49(57(42,48)19)72-56(17,18)71-46)68-52(63)47(75-77(34(4)5,35(6)7)36(8)9)45(40-29-26-30-66-40)60-53(64)73-54(12,13)14;1-22-26(55-37(50)31(48)30(25-17-14-18-53-25)45-38(51)60-39(3,4)5)20-44(52)35(56-36(49)24-15-12-11-13-16-24)33-42(10,27(47)19-28-43(33,21-54-28)57-23(2)46)34-32(29(22)40(44,6)7)58-41(8,9)59-34/h23-30,34-36,41-43,45-50,65H,20-22,31-33H2,1-19H3,(H,60,64);11-18,26-28,30-35,47-48,52H,19-21H2,1-10H3,(H,45,51)/t41?,42?,43?,45?,46?,47?,48?,49?,50?,57-,58?,59?;26-,27-,28+,30-,31+,32+,33-,34+,35-,42+,43-,44+/m10/s1. The van der Waals surface area contributed by atoms with Gasteiger partial charge in [-0.25, -0.2) is 28.8 Å². The maximum atomic E-state index is 15.9. The molecular weight excluding hydrogens is 1800 g/mol. The van der Waals surface area contributed by atoms with Crippen LogP contribution in [0.15, 0.2) is 129 Å². The van der Waals surface area contributed by atoms with E-state index in [1.165, 1.54) is 38.5 Å². The molecule has 6 heterocycles. The quantitative estimate of drug-likeness (QED) is 0.0147. The fraction of sp³-hybridized carbons (Fsp3) is 0.689. The first-order chi connectivity index (χ1) is 63.6. The van der Waals surface area contributed by atoms with Gasteiger partial charge in [-0.2, -0.15) is 0 Å². The lowest BCUT2D eigenvalue weighted by Crippen LogP contribution is -2.82. The molecule has 34 heteroatoms. The topological polar surface area (TPSA) is 416 Å². The molecule has 14 rings (SSSR count). The summed E-state index contributed by atoms with van der Waals surface area (Å²) in [7, 11) is -5.52. The number of fused-ring (bicyclic) bond motifs is 16. The first-order valence-corrected chi connectivity index (χ1v) is 53.2. The van der Waals surface area contributed by atoms with Crippen LogP contribution in [0.1, 0.15) is 271 Å². The monoisotopic (exact) mass is 1950 g/mol. The number of carbonyl (C=O) groups is 8. The molecule has 4 aromatic rings. The third-order valence-electron chi connectivity index (χ3n) is 31.8. The largest absolute Gasteiger partial charge is 0.467 e. The van der Waals surface area contributed by atoms with Crippen LogP contribution < -0.4 is 10.6 Å². The zero-order valence-corrected chi connectivity index (χ0v) is 87.1. The number of rotatable bonds is 26. The number of benzene rings is 2. The minimum Gasteiger partial charge on any atom is -0.467 e. The van der Waals surface area contributed by atoms with E-state index in [2.05, 4.69) is 79.9 Å². The third-order valence-corrected chi connectivity index (χ3v) is 42.5. The smallest absolute Gasteiger partial charge is 0.408 e. The molecule has 6 N–H and O–H groups in total. The van der Waals surface area contributed by atoms with Gasteiger partial charge in [-0.15, -0.1) is 0 Å². The Bertz CT molecular complexity index is 5100. The van der Waals surface area contributed by atoms with Gasteiger partial charge in [0.05, 0.1) is 73.1 Å². The number of furan rings is 2. The molecule has 2 aromatic carbocycles. The van der Waals surface area contributed by atoms with E-state index >= 15 is 9.59 Å². The van der Waals surface area contributed by atoms with Crippen molar-refractivity contribution in [3.05, 3.63) is 142 Å². The van der Waals surface area contributed by atoms with Crippen molar-refractivity contribution in [3.63, 3.8) is 0 Å². The molecular formula is C103H148N2O30Si2. The molecule has 24 atom stereocenters. The molecule has 8 fully saturated rings. The first-order valence-electron chi connectivity index (χ1n) is 48.5. The average molecular weight is 1950 g/mol. The van der Waals surface area contributed by atoms with Crippen molar-refractivity contribution in [1.29, 1.82) is 0 Å². The van der Waals surface area contributed by atoms with Crippen LogP contribution in [0.25, 0.3) is 0 Å². The SMILES string of the molecule is CC(=O)O[C@@]12CO[C@@H]1C[C@H](O)[C@@]1(C)[C@@H]3OC(C)(C)O[C@@H]3C3=C(C)[C@@H](OC(=O)[C@H](O)[C@@H](NC(=O)OC(C)(C)C)c4ccco4)C[C@@](O)([C@@H](OC(=O)c4ccccc4)[C@H]21)C3(C)C.CC[Si](CC)(CC)OC1CC2OCC2(OC(C)=O)C2C(OC(=O)c3ccccc3)C3(O)CC(OC(=O)C(O[Si](C(C)C)(C(C)C)C(C)C)C(NC(=O)OC(C)(C)C)c4ccco4)C(C)=C(C4OC(C)(C)OC4[C@]12C)C3(C)C. The Hall–Kier alpha value is -8.21. The minimum atomic E-state index is -3.02. The van der Waals surface area contributed by atoms with Crippen molar-refractivity contribution in [3.8, 4) is 0 Å². The van der Waals surface area contributed by atoms with E-state index < -0.39 is 247 Å². The lowest BCUT2D eigenvalue weighted by molar-refractivity contribution is -0.362. The van der Waals surface area contributed by atoms with Crippen molar-refractivity contribution < 1.29 is 143 Å². The summed E-state index contributed by atoms with van der Waals surface area (Å²) in [5.41, 5.74) is -12.0. The Labute approximate surface area is 806 Å². The predicted octanol–water partition coefficient (Wildman–Crippen LogP) is 16.1. The molecule has 4 bridgehead atoms. The highest BCUT2D eigenvalue weighted by molar-refractivity contribution is 6.77. The predicted molar refractivity (Wildman–Crippen MR) is 503 cm³/mol. The normalized spacial score (nSPS) is 33.5. The fourth-order valence-electron chi connectivity index (χ4n) is 25.1. The van der Waals surface area contributed by atoms with Crippen molar-refractivity contribution >= 4 is 64.6 Å². The van der Waals surface area contributed by atoms with Gasteiger partial charge in [0, 0.05) is 61.2 Å². The molecule has 32 nitrogen and oxygen atoms in total. The van der Waals surface area contributed by atoms with E-state index in [1.807, 2.05) is 34.6 Å². The van der Waals surface area contributed by atoms with Crippen molar-refractivity contribution in [2.45, 2.75) is 404 Å². The molecule has 0 radical (unpaired) electrons. The van der Waals surface area contributed by atoms with Crippen molar-refractivity contribution in [2.24, 2.45) is 33.5 Å². The van der Waals surface area contributed by atoms with Gasteiger partial charge in [-0.05, 0) is 189 Å². The molecule has 758 valence electrons. The van der Waals surface area contributed by atoms with Crippen LogP contribution in [-0.4, -0.2) is 229 Å². The number of alkyl carbamates (subject to hydrolysis) is 2. The van der Waals surface area contributed by atoms with Gasteiger partial charge in [0.25, 0.3) is 0 Å². The van der Waals surface area contributed by atoms with Gasteiger partial charge in [0.1, 0.15) is 94.8 Å². The second-order valence-corrected chi connectivity index (χ2v) is 54.8. The Balaban J connectivity index is 0.000000238. The Morgan fingerprint density at radius 1 is 0.511 bits per heavy atom. The second kappa shape index (κ2) is 38.2. The van der Waals surface area contributed by atoms with Crippen LogP contribution in [0, 0.1) is 33.5 Å². The van der Waals surface area contributed by atoms with Crippen LogP contribution in [0.3, 0.4) is 0 Å². The van der Waals surface area contributed by atoms with E-state index in [9.17, 15) is 49.2 Å². The van der Waals surface area contributed by atoms with E-state index in [4.69, 9.17) is 84.0 Å². The van der Waals surface area contributed by atoms with Gasteiger partial charge >= 0.3 is 48.0 Å². The number of ether oxygens (including phenoxy) is 14. The molecule has 2 aromatic heterocycles. The van der Waals surface area contributed by atoms with Crippen molar-refractivity contribution in [1.82, 2.24) is 10.6 Å². The molecule has 0 spiro atoms. The summed E-state index contributed by atoms with van der Waals surface area (Å²) in [4.78, 5) is 113. The highest BCUT2D eigenvalue weighted by atomic mass is 28.4. The number of carbonyl (C=O) groups excluding carboxylic acids is 8. The zero-order chi connectivity index (χ0) is 101. The number of nitrogens with one attached hydrogen (secondary N) is 2. The maximum Gasteiger partial charge on any atom is 0.408 e. The molecule has 11 unspecified atom stereocenters. The summed E-state index contributed by atoms with van der Waals surface area (Å²) in [6.45, 7) is 53.6. The summed E-state index contributed by atoms with van der Waals surface area (Å²) >= 11 is 0. The molecule has 4 saturated heterocycles.